The number of nitrogens with one attached hydrogen (secondary N) is 1. The van der Waals surface area contributed by atoms with Gasteiger partial charge in [-0.05, 0) is 89.1 Å². The number of hydrogen-bond acceptors (Lipinski definition) is 10. The summed E-state index contributed by atoms with van der Waals surface area (Å²) in [6.45, 7) is 18.9. The third-order valence-electron chi connectivity index (χ3n) is 11.2. The van der Waals surface area contributed by atoms with Crippen LogP contribution in [0.2, 0.25) is 0 Å². The molecule has 8 rings (SSSR count). The Bertz CT molecular complexity index is 2240. The minimum Gasteiger partial charge on any atom is -0.444 e. The predicted octanol–water partition coefficient (Wildman–Crippen LogP) is 9.57. The highest BCUT2D eigenvalue weighted by Crippen LogP contribution is 2.43. The minimum absolute atomic E-state index is 0.146. The van der Waals surface area contributed by atoms with Gasteiger partial charge in [-0.1, -0.05) is 88.7 Å². The molecule has 0 bridgehead atoms. The van der Waals surface area contributed by atoms with Gasteiger partial charge >= 0.3 is 24.4 Å². The topological polar surface area (TPSA) is 133 Å². The second kappa shape index (κ2) is 20.6. The van der Waals surface area contributed by atoms with Crippen LogP contribution in [0.5, 0.6) is 0 Å². The van der Waals surface area contributed by atoms with Gasteiger partial charge in [0, 0.05) is 98.8 Å². The van der Waals surface area contributed by atoms with E-state index in [4.69, 9.17) is 18.9 Å². The van der Waals surface area contributed by atoms with Gasteiger partial charge in [0.2, 0.25) is 0 Å². The molecule has 4 aliphatic heterocycles. The van der Waals surface area contributed by atoms with Crippen LogP contribution in [0.4, 0.5) is 36.2 Å². The highest BCUT2D eigenvalue weighted by molar-refractivity contribution is 9.10. The maximum absolute atomic E-state index is 12.5. The molecule has 0 aliphatic carbocycles. The van der Waals surface area contributed by atoms with E-state index in [0.717, 1.165) is 85.0 Å². The first-order valence-electron chi connectivity index (χ1n) is 21.9. The summed E-state index contributed by atoms with van der Waals surface area (Å²) in [4.78, 5) is 57.0. The number of ether oxygens (including phenoxy) is 4. The normalized spacial score (nSPS) is 16.4. The first kappa shape index (κ1) is 48.7. The fourth-order valence-electron chi connectivity index (χ4n) is 7.71. The lowest BCUT2D eigenvalue weighted by atomic mass is 9.73. The van der Waals surface area contributed by atoms with Crippen molar-refractivity contribution in [2.24, 2.45) is 10.8 Å². The van der Waals surface area contributed by atoms with E-state index in [-0.39, 0.29) is 42.5 Å². The molecule has 4 aromatic rings. The fourth-order valence-corrected chi connectivity index (χ4v) is 8.10. The molecule has 2 spiro atoms. The van der Waals surface area contributed by atoms with Crippen molar-refractivity contribution in [3.8, 4) is 0 Å². The van der Waals surface area contributed by atoms with E-state index in [0.29, 0.717) is 5.41 Å². The summed E-state index contributed by atoms with van der Waals surface area (Å²) < 4.78 is 22.3. The molecule has 348 valence electrons. The molecule has 4 heterocycles. The lowest BCUT2D eigenvalue weighted by molar-refractivity contribution is -0.0554. The van der Waals surface area contributed by atoms with Gasteiger partial charge in [0.15, 0.2) is 0 Å². The van der Waals surface area contributed by atoms with Crippen LogP contribution >= 0.6 is 15.9 Å². The molecule has 1 N–H and O–H groups in total. The van der Waals surface area contributed by atoms with Crippen LogP contribution < -0.4 is 20.0 Å². The zero-order valence-corrected chi connectivity index (χ0v) is 40.4. The van der Waals surface area contributed by atoms with Crippen LogP contribution in [0.15, 0.2) is 114 Å². The van der Waals surface area contributed by atoms with Crippen LogP contribution in [-0.4, -0.2) is 112 Å². The number of likely N-dealkylation sites (tertiary alicyclic amines) is 2. The van der Waals surface area contributed by atoms with Crippen molar-refractivity contribution in [2.45, 2.75) is 66.0 Å². The molecule has 4 amide bonds. The Morgan fingerprint density at radius 3 is 1.43 bits per heavy atom. The maximum atomic E-state index is 12.5. The summed E-state index contributed by atoms with van der Waals surface area (Å²) in [6, 6.07) is 34.6. The van der Waals surface area contributed by atoms with Crippen LogP contribution in [0.1, 0.15) is 52.7 Å². The zero-order valence-electron chi connectivity index (χ0n) is 38.8. The Morgan fingerprint density at radius 1 is 0.585 bits per heavy atom. The van der Waals surface area contributed by atoms with E-state index in [1.54, 1.807) is 23.9 Å². The number of halogens is 1. The van der Waals surface area contributed by atoms with Gasteiger partial charge in [-0.15, -0.1) is 0 Å². The smallest absolute Gasteiger partial charge is 0.414 e. The molecule has 0 unspecified atom stereocenters. The van der Waals surface area contributed by atoms with Crippen molar-refractivity contribution in [2.75, 3.05) is 81.2 Å². The number of hydrogen-bond donors (Lipinski definition) is 1. The average molecular weight is 956 g/mol. The highest BCUT2D eigenvalue weighted by atomic mass is 79.9. The van der Waals surface area contributed by atoms with Gasteiger partial charge in [0.05, 0.1) is 0 Å². The molecule has 15 heteroatoms. The SMILES string of the molecule is CC(C)(C)OC(=O)N1CC2(CNC2)C1.CN(C(=O)OCc1ccccc1)c1cccc(Br)c1.CN(C(=O)OCc1ccccc1)c1cccc(N2CC3(CN(C(=O)OC(C)(C)C)C3)C2)c1. The Balaban J connectivity index is 0.000000179. The lowest BCUT2D eigenvalue weighted by Crippen LogP contribution is -2.73. The van der Waals surface area contributed by atoms with E-state index < -0.39 is 11.7 Å². The molecule has 0 radical (unpaired) electrons. The van der Waals surface area contributed by atoms with Gasteiger partial charge < -0.3 is 39.0 Å². The third-order valence-corrected chi connectivity index (χ3v) is 11.7. The highest BCUT2D eigenvalue weighted by Gasteiger charge is 2.54. The van der Waals surface area contributed by atoms with Gasteiger partial charge in [-0.25, -0.2) is 19.2 Å². The summed E-state index contributed by atoms with van der Waals surface area (Å²) in [5.41, 5.74) is 4.24. The number of carbonyl (C=O) groups excluding carboxylic acids is 4. The van der Waals surface area contributed by atoms with E-state index in [1.165, 1.54) is 9.80 Å². The number of rotatable bonds is 7. The van der Waals surface area contributed by atoms with Crippen LogP contribution in [0, 0.1) is 10.8 Å². The standard InChI is InChI=1S/C25H31N3O4.C15H14BrNO2.C10H18N2O2/c1-24(2,3)32-23(30)28-17-25(18-28)15-27(16-25)21-12-8-11-20(13-21)26(4)22(29)31-14-19-9-6-5-7-10-19;1-17(14-9-5-8-13(16)10-14)15(18)19-11-12-6-3-2-4-7-12;1-9(2,3)14-8(13)12-6-10(7-12)4-11-5-10/h5-13H,14-18H2,1-4H3;2-10H,11H2,1H3;11H,4-7H2,1-3H3. The van der Waals surface area contributed by atoms with Crippen LogP contribution in [0.25, 0.3) is 0 Å². The minimum atomic E-state index is -0.472. The molecule has 0 saturated carbocycles. The Kier molecular flexibility index (Phi) is 15.4. The first-order valence-corrected chi connectivity index (χ1v) is 22.7. The number of amides is 4. The van der Waals surface area contributed by atoms with Crippen molar-refractivity contribution >= 4 is 57.4 Å². The summed E-state index contributed by atoms with van der Waals surface area (Å²) >= 11 is 3.38. The van der Waals surface area contributed by atoms with Crippen molar-refractivity contribution in [3.05, 3.63) is 125 Å². The van der Waals surface area contributed by atoms with Crippen molar-refractivity contribution in [3.63, 3.8) is 0 Å². The van der Waals surface area contributed by atoms with E-state index >= 15 is 0 Å². The van der Waals surface area contributed by atoms with Crippen LogP contribution in [0.3, 0.4) is 0 Å². The second-order valence-electron chi connectivity index (χ2n) is 19.3. The molecule has 0 atom stereocenters. The molecule has 4 saturated heterocycles. The first-order chi connectivity index (χ1) is 30.7. The summed E-state index contributed by atoms with van der Waals surface area (Å²) in [7, 11) is 3.41. The molecular weight excluding hydrogens is 892 g/mol. The number of benzene rings is 4. The van der Waals surface area contributed by atoms with Gasteiger partial charge in [-0.3, -0.25) is 9.80 Å². The maximum Gasteiger partial charge on any atom is 0.414 e. The van der Waals surface area contributed by atoms with Crippen molar-refractivity contribution in [1.82, 2.24) is 15.1 Å². The van der Waals surface area contributed by atoms with Gasteiger partial charge in [0.1, 0.15) is 24.4 Å². The Morgan fingerprint density at radius 2 is 1.02 bits per heavy atom. The predicted molar refractivity (Wildman–Crippen MR) is 256 cm³/mol. The summed E-state index contributed by atoms with van der Waals surface area (Å²) in [5, 5.41) is 3.23. The molecule has 4 aliphatic rings. The average Bonchev–Trinajstić information content (AvgIpc) is 3.19. The molecular formula is C50H63BrN6O8. The largest absolute Gasteiger partial charge is 0.444 e. The molecule has 4 fully saturated rings. The fraction of sp³-hybridized carbons (Fsp3) is 0.440. The number of anilines is 3. The monoisotopic (exact) mass is 954 g/mol. The Hall–Kier alpha value is -5.80. The van der Waals surface area contributed by atoms with E-state index in [1.807, 2.05) is 151 Å². The zero-order chi connectivity index (χ0) is 47.0. The second-order valence-corrected chi connectivity index (χ2v) is 20.2. The van der Waals surface area contributed by atoms with Crippen molar-refractivity contribution < 1.29 is 38.1 Å². The lowest BCUT2D eigenvalue weighted by Gasteiger charge is -2.60. The van der Waals surface area contributed by atoms with Gasteiger partial charge in [-0.2, -0.15) is 0 Å². The molecule has 14 nitrogen and oxygen atoms in total. The third kappa shape index (κ3) is 13.6. The molecule has 4 aromatic carbocycles. The quantitative estimate of drug-likeness (QED) is 0.179. The number of carbonyl (C=O) groups is 4. The van der Waals surface area contributed by atoms with Crippen molar-refractivity contribution in [1.29, 1.82) is 0 Å². The summed E-state index contributed by atoms with van der Waals surface area (Å²) in [5.74, 6) is 0. The molecule has 65 heavy (non-hydrogen) atoms. The van der Waals surface area contributed by atoms with E-state index in [9.17, 15) is 19.2 Å². The van der Waals surface area contributed by atoms with E-state index in [2.05, 4.69) is 26.1 Å². The van der Waals surface area contributed by atoms with Gasteiger partial charge in [0.25, 0.3) is 0 Å². The number of nitrogens with zero attached hydrogens (tertiary/aromatic N) is 5. The Labute approximate surface area is 391 Å². The van der Waals surface area contributed by atoms with Crippen LogP contribution in [-0.2, 0) is 32.2 Å². The summed E-state index contributed by atoms with van der Waals surface area (Å²) in [6.07, 6.45) is -1.17. The molecule has 0 aromatic heterocycles.